The van der Waals surface area contributed by atoms with E-state index in [1.165, 1.54) is 0 Å². The third-order valence-electron chi connectivity index (χ3n) is 3.25. The van der Waals surface area contributed by atoms with Gasteiger partial charge >= 0.3 is 0 Å². The van der Waals surface area contributed by atoms with Crippen molar-refractivity contribution >= 4 is 46.2 Å². The van der Waals surface area contributed by atoms with Crippen molar-refractivity contribution in [2.45, 2.75) is 19.9 Å². The number of halogens is 2. The van der Waals surface area contributed by atoms with Gasteiger partial charge in [0.25, 0.3) is 0 Å². The van der Waals surface area contributed by atoms with Gasteiger partial charge in [-0.05, 0) is 44.3 Å². The lowest BCUT2D eigenvalue weighted by Crippen LogP contribution is -2.52. The van der Waals surface area contributed by atoms with E-state index in [-0.39, 0.29) is 0 Å². The minimum absolute atomic E-state index is 0.371. The minimum Gasteiger partial charge on any atom is -0.368 e. The molecule has 0 bridgehead atoms. The molecule has 3 nitrogen and oxygen atoms in total. The molecule has 1 N–H and O–H groups in total. The molecule has 0 amide bonds. The van der Waals surface area contributed by atoms with Gasteiger partial charge in [-0.3, -0.25) is 0 Å². The van der Waals surface area contributed by atoms with Crippen LogP contribution in [-0.4, -0.2) is 42.2 Å². The third kappa shape index (κ3) is 3.90. The zero-order chi connectivity index (χ0) is 14.7. The summed E-state index contributed by atoms with van der Waals surface area (Å²) in [5.74, 6) is 0. The zero-order valence-electron chi connectivity index (χ0n) is 11.7. The quantitative estimate of drug-likeness (QED) is 0.837. The van der Waals surface area contributed by atoms with Gasteiger partial charge in [0.15, 0.2) is 5.11 Å². The van der Waals surface area contributed by atoms with Crippen LogP contribution in [-0.2, 0) is 0 Å². The van der Waals surface area contributed by atoms with Gasteiger partial charge in [-0.2, -0.15) is 0 Å². The highest BCUT2D eigenvalue weighted by molar-refractivity contribution is 7.80. The molecule has 0 aromatic heterocycles. The number of nitrogens with zero attached hydrogens (tertiary/aromatic N) is 2. The fourth-order valence-corrected chi connectivity index (χ4v) is 2.90. The first-order chi connectivity index (χ1) is 9.47. The molecule has 2 rings (SSSR count). The Morgan fingerprint density at radius 1 is 1.15 bits per heavy atom. The van der Waals surface area contributed by atoms with E-state index in [2.05, 4.69) is 29.0 Å². The summed E-state index contributed by atoms with van der Waals surface area (Å²) in [6.07, 6.45) is 0. The molecule has 0 radical (unpaired) electrons. The molecule has 6 heteroatoms. The number of hydrogen-bond donors (Lipinski definition) is 1. The Kier molecular flexibility index (Phi) is 5.35. The molecule has 1 fully saturated rings. The molecule has 1 aromatic rings. The maximum atomic E-state index is 6.07. The lowest BCUT2D eigenvalue weighted by molar-refractivity contribution is 0.377. The Bertz CT molecular complexity index is 485. The largest absolute Gasteiger partial charge is 0.368 e. The van der Waals surface area contributed by atoms with Gasteiger partial charge in [0.05, 0.1) is 10.0 Å². The Hall–Kier alpha value is -0.710. The lowest BCUT2D eigenvalue weighted by Gasteiger charge is -2.38. The Morgan fingerprint density at radius 2 is 1.80 bits per heavy atom. The molecule has 110 valence electrons. The number of thiocarbonyl (C=S) groups is 1. The van der Waals surface area contributed by atoms with Gasteiger partial charge in [-0.15, -0.1) is 0 Å². The first kappa shape index (κ1) is 15.7. The van der Waals surface area contributed by atoms with Crippen molar-refractivity contribution in [1.29, 1.82) is 0 Å². The molecule has 0 spiro atoms. The first-order valence-corrected chi connectivity index (χ1v) is 7.89. The van der Waals surface area contributed by atoms with Crippen molar-refractivity contribution < 1.29 is 0 Å². The van der Waals surface area contributed by atoms with Gasteiger partial charge in [0, 0.05) is 37.9 Å². The van der Waals surface area contributed by atoms with Crippen molar-refractivity contribution in [3.63, 3.8) is 0 Å². The molecule has 0 atom stereocenters. The van der Waals surface area contributed by atoms with Crippen LogP contribution in [0.3, 0.4) is 0 Å². The molecule has 1 aliphatic rings. The van der Waals surface area contributed by atoms with Gasteiger partial charge in [0.1, 0.15) is 0 Å². The van der Waals surface area contributed by atoms with E-state index in [0.717, 1.165) is 37.0 Å². The van der Waals surface area contributed by atoms with Crippen LogP contribution in [0, 0.1) is 0 Å². The van der Waals surface area contributed by atoms with Crippen molar-refractivity contribution in [3.8, 4) is 0 Å². The molecular weight excluding hydrogens is 313 g/mol. The van der Waals surface area contributed by atoms with Crippen molar-refractivity contribution in [1.82, 2.24) is 10.2 Å². The van der Waals surface area contributed by atoms with Crippen LogP contribution in [0.15, 0.2) is 18.2 Å². The summed E-state index contributed by atoms with van der Waals surface area (Å²) in [4.78, 5) is 4.51. The average Bonchev–Trinajstić information content (AvgIpc) is 2.41. The second-order valence-electron chi connectivity index (χ2n) is 5.18. The summed E-state index contributed by atoms with van der Waals surface area (Å²) in [6.45, 7) is 7.88. The Balaban J connectivity index is 1.94. The summed E-state index contributed by atoms with van der Waals surface area (Å²) in [6, 6.07) is 6.14. The van der Waals surface area contributed by atoms with E-state index in [1.54, 1.807) is 0 Å². The predicted octanol–water partition coefficient (Wildman–Crippen LogP) is 3.40. The number of hydrogen-bond acceptors (Lipinski definition) is 2. The predicted molar refractivity (Wildman–Crippen MR) is 91.1 cm³/mol. The fraction of sp³-hybridized carbons (Fsp3) is 0.500. The van der Waals surface area contributed by atoms with E-state index >= 15 is 0 Å². The molecule has 1 saturated heterocycles. The zero-order valence-corrected chi connectivity index (χ0v) is 14.0. The summed E-state index contributed by atoms with van der Waals surface area (Å²) >= 11 is 17.4. The number of nitrogens with one attached hydrogen (secondary N) is 1. The first-order valence-electron chi connectivity index (χ1n) is 6.73. The van der Waals surface area contributed by atoms with Crippen LogP contribution in [0.25, 0.3) is 0 Å². The highest BCUT2D eigenvalue weighted by Crippen LogP contribution is 2.27. The van der Waals surface area contributed by atoms with Crippen molar-refractivity contribution in [2.24, 2.45) is 0 Å². The number of anilines is 1. The number of rotatable bonds is 2. The summed E-state index contributed by atoms with van der Waals surface area (Å²) in [5.41, 5.74) is 1.11. The molecule has 1 aromatic carbocycles. The molecule has 1 heterocycles. The van der Waals surface area contributed by atoms with E-state index in [9.17, 15) is 0 Å². The highest BCUT2D eigenvalue weighted by atomic mass is 35.5. The maximum absolute atomic E-state index is 6.07. The van der Waals surface area contributed by atoms with Crippen LogP contribution >= 0.6 is 35.4 Å². The standard InChI is InChI=1S/C14H19Cl2N3S/c1-10(2)17-14(20)19-7-5-18(6-8-19)11-3-4-12(15)13(16)9-11/h3-4,9-10H,5-8H2,1-2H3,(H,17,20). The summed E-state index contributed by atoms with van der Waals surface area (Å²) in [5, 5.41) is 5.32. The van der Waals surface area contributed by atoms with Crippen LogP contribution in [0.5, 0.6) is 0 Å². The molecule has 0 unspecified atom stereocenters. The van der Waals surface area contributed by atoms with E-state index in [4.69, 9.17) is 35.4 Å². The average molecular weight is 332 g/mol. The normalized spacial score (nSPS) is 15.7. The van der Waals surface area contributed by atoms with Gasteiger partial charge < -0.3 is 15.1 Å². The van der Waals surface area contributed by atoms with Crippen LogP contribution in [0.1, 0.15) is 13.8 Å². The fourth-order valence-electron chi connectivity index (χ4n) is 2.19. The van der Waals surface area contributed by atoms with Gasteiger partial charge in [0.2, 0.25) is 0 Å². The number of piperazine rings is 1. The van der Waals surface area contributed by atoms with E-state index < -0.39 is 0 Å². The van der Waals surface area contributed by atoms with Gasteiger partial charge in [-0.25, -0.2) is 0 Å². The van der Waals surface area contributed by atoms with Gasteiger partial charge in [-0.1, -0.05) is 23.2 Å². The molecule has 0 saturated carbocycles. The van der Waals surface area contributed by atoms with Crippen LogP contribution in [0.4, 0.5) is 5.69 Å². The highest BCUT2D eigenvalue weighted by Gasteiger charge is 2.19. The van der Waals surface area contributed by atoms with E-state index in [1.807, 2.05) is 18.2 Å². The summed E-state index contributed by atoms with van der Waals surface area (Å²) < 4.78 is 0. The topological polar surface area (TPSA) is 18.5 Å². The minimum atomic E-state index is 0.371. The smallest absolute Gasteiger partial charge is 0.169 e. The SMILES string of the molecule is CC(C)NC(=S)N1CCN(c2ccc(Cl)c(Cl)c2)CC1. The second-order valence-corrected chi connectivity index (χ2v) is 6.38. The van der Waals surface area contributed by atoms with Crippen molar-refractivity contribution in [2.75, 3.05) is 31.1 Å². The molecular formula is C14H19Cl2N3S. The molecule has 1 aliphatic heterocycles. The van der Waals surface area contributed by atoms with Crippen LogP contribution in [0.2, 0.25) is 10.0 Å². The van der Waals surface area contributed by atoms with E-state index in [0.29, 0.717) is 16.1 Å². The van der Waals surface area contributed by atoms with Crippen molar-refractivity contribution in [3.05, 3.63) is 28.2 Å². The van der Waals surface area contributed by atoms with Crippen LogP contribution < -0.4 is 10.2 Å². The second kappa shape index (κ2) is 6.83. The Labute approximate surface area is 135 Å². The Morgan fingerprint density at radius 3 is 2.35 bits per heavy atom. The third-order valence-corrected chi connectivity index (χ3v) is 4.36. The molecule has 0 aliphatic carbocycles. The maximum Gasteiger partial charge on any atom is 0.169 e. The summed E-state index contributed by atoms with van der Waals surface area (Å²) in [7, 11) is 0. The number of benzene rings is 1. The monoisotopic (exact) mass is 331 g/mol. The lowest BCUT2D eigenvalue weighted by atomic mass is 10.2. The molecule has 20 heavy (non-hydrogen) atoms.